The molecule has 2 aromatic heterocycles. The van der Waals surface area contributed by atoms with E-state index in [1.807, 2.05) is 29.6 Å². The first-order valence-electron chi connectivity index (χ1n) is 8.70. The summed E-state index contributed by atoms with van der Waals surface area (Å²) in [5.74, 6) is 0.114. The van der Waals surface area contributed by atoms with Crippen LogP contribution in [-0.2, 0) is 6.42 Å². The molecule has 3 aromatic rings. The van der Waals surface area contributed by atoms with Crippen molar-refractivity contribution in [3.63, 3.8) is 0 Å². The van der Waals surface area contributed by atoms with Gasteiger partial charge in [0.2, 0.25) is 0 Å². The minimum atomic E-state index is -0.408. The third-order valence-electron chi connectivity index (χ3n) is 4.80. The van der Waals surface area contributed by atoms with E-state index >= 15 is 0 Å². The highest BCUT2D eigenvalue weighted by Crippen LogP contribution is 2.41. The molecular formula is C21H18N2O3S. The zero-order chi connectivity index (χ0) is 19.2. The Balaban J connectivity index is 1.95. The number of thiophene rings is 1. The van der Waals surface area contributed by atoms with Gasteiger partial charge >= 0.3 is 0 Å². The zero-order valence-corrected chi connectivity index (χ0v) is 15.9. The second kappa shape index (κ2) is 6.39. The van der Waals surface area contributed by atoms with Gasteiger partial charge in [0, 0.05) is 40.1 Å². The minimum absolute atomic E-state index is 0.0288. The zero-order valence-electron chi connectivity index (χ0n) is 15.1. The van der Waals surface area contributed by atoms with Crippen LogP contribution in [0.4, 0.5) is 5.69 Å². The number of hydrogen-bond donors (Lipinski definition) is 0. The first-order valence-corrected chi connectivity index (χ1v) is 9.58. The van der Waals surface area contributed by atoms with Crippen LogP contribution in [0.1, 0.15) is 36.3 Å². The van der Waals surface area contributed by atoms with Gasteiger partial charge in [-0.15, -0.1) is 11.3 Å². The van der Waals surface area contributed by atoms with Crippen molar-refractivity contribution in [3.05, 3.63) is 69.2 Å². The fourth-order valence-corrected chi connectivity index (χ4v) is 4.38. The standard InChI is InChI=1S/C21H18N2O3S/c1-21(2)11-17-20(18(24)12-21)15(19-7-4-8-27-19)10-16(22-17)13-5-3-6-14(9-13)23(25)26/h3-10H,11-12H2,1-2H3. The number of benzene rings is 1. The summed E-state index contributed by atoms with van der Waals surface area (Å²) in [6, 6.07) is 12.3. The summed E-state index contributed by atoms with van der Waals surface area (Å²) in [6.07, 6.45) is 1.20. The van der Waals surface area contributed by atoms with Crippen LogP contribution < -0.4 is 0 Å². The minimum Gasteiger partial charge on any atom is -0.294 e. The van der Waals surface area contributed by atoms with Crippen molar-refractivity contribution in [2.24, 2.45) is 5.41 Å². The van der Waals surface area contributed by atoms with Crippen LogP contribution in [0, 0.1) is 15.5 Å². The highest BCUT2D eigenvalue weighted by molar-refractivity contribution is 7.13. The van der Waals surface area contributed by atoms with Crippen molar-refractivity contribution >= 4 is 22.8 Å². The Morgan fingerprint density at radius 2 is 1.96 bits per heavy atom. The van der Waals surface area contributed by atoms with Crippen molar-refractivity contribution in [2.75, 3.05) is 0 Å². The molecule has 0 spiro atoms. The van der Waals surface area contributed by atoms with Gasteiger partial charge in [-0.05, 0) is 29.3 Å². The maximum Gasteiger partial charge on any atom is 0.270 e. The Hall–Kier alpha value is -2.86. The molecule has 0 fully saturated rings. The molecule has 0 amide bonds. The maximum atomic E-state index is 12.9. The Bertz CT molecular complexity index is 1060. The predicted molar refractivity (Wildman–Crippen MR) is 106 cm³/mol. The van der Waals surface area contributed by atoms with Gasteiger partial charge in [-0.25, -0.2) is 0 Å². The summed E-state index contributed by atoms with van der Waals surface area (Å²) in [6.45, 7) is 4.14. The van der Waals surface area contributed by atoms with E-state index in [4.69, 9.17) is 4.98 Å². The second-order valence-corrected chi connectivity index (χ2v) is 8.55. The molecule has 5 nitrogen and oxygen atoms in total. The van der Waals surface area contributed by atoms with Crippen molar-refractivity contribution in [2.45, 2.75) is 26.7 Å². The molecular weight excluding hydrogens is 360 g/mol. The summed E-state index contributed by atoms with van der Waals surface area (Å²) in [5, 5.41) is 13.1. The number of nitrogens with zero attached hydrogens (tertiary/aromatic N) is 2. The number of carbonyl (C=O) groups is 1. The molecule has 136 valence electrons. The monoisotopic (exact) mass is 378 g/mol. The van der Waals surface area contributed by atoms with Crippen molar-refractivity contribution < 1.29 is 9.72 Å². The predicted octanol–water partition coefficient (Wildman–Crippen LogP) is 5.54. The van der Waals surface area contributed by atoms with Crippen molar-refractivity contribution in [3.8, 4) is 21.7 Å². The lowest BCUT2D eigenvalue weighted by Gasteiger charge is -2.30. The highest BCUT2D eigenvalue weighted by Gasteiger charge is 2.34. The first kappa shape index (κ1) is 17.5. The Kier molecular flexibility index (Phi) is 4.15. The summed E-state index contributed by atoms with van der Waals surface area (Å²) < 4.78 is 0. The average Bonchev–Trinajstić information content (AvgIpc) is 3.14. The lowest BCUT2D eigenvalue weighted by Crippen LogP contribution is -2.28. The molecule has 0 bridgehead atoms. The molecule has 27 heavy (non-hydrogen) atoms. The number of aromatic nitrogens is 1. The van der Waals surface area contributed by atoms with E-state index in [1.54, 1.807) is 17.4 Å². The molecule has 0 saturated carbocycles. The van der Waals surface area contributed by atoms with Crippen LogP contribution in [0.3, 0.4) is 0 Å². The normalized spacial score (nSPS) is 15.4. The largest absolute Gasteiger partial charge is 0.294 e. The molecule has 0 N–H and O–H groups in total. The van der Waals surface area contributed by atoms with Gasteiger partial charge in [-0.2, -0.15) is 0 Å². The third kappa shape index (κ3) is 3.28. The SMILES string of the molecule is CC1(C)CC(=O)c2c(-c3cccs3)cc(-c3cccc([N+](=O)[O-])c3)nc2C1. The van der Waals surface area contributed by atoms with Crippen LogP contribution >= 0.6 is 11.3 Å². The molecule has 1 aliphatic carbocycles. The molecule has 1 aliphatic rings. The lowest BCUT2D eigenvalue weighted by molar-refractivity contribution is -0.384. The molecule has 0 saturated heterocycles. The van der Waals surface area contributed by atoms with Crippen molar-refractivity contribution in [1.29, 1.82) is 0 Å². The number of nitro groups is 1. The van der Waals surface area contributed by atoms with E-state index in [1.165, 1.54) is 12.1 Å². The molecule has 0 radical (unpaired) electrons. The van der Waals surface area contributed by atoms with Crippen LogP contribution in [0.15, 0.2) is 47.8 Å². The van der Waals surface area contributed by atoms with E-state index in [0.29, 0.717) is 29.7 Å². The van der Waals surface area contributed by atoms with Gasteiger partial charge in [0.15, 0.2) is 5.78 Å². The van der Waals surface area contributed by atoms with E-state index in [-0.39, 0.29) is 16.9 Å². The summed E-state index contributed by atoms with van der Waals surface area (Å²) in [7, 11) is 0. The first-order chi connectivity index (χ1) is 12.8. The number of hydrogen-bond acceptors (Lipinski definition) is 5. The van der Waals surface area contributed by atoms with Gasteiger partial charge in [-0.1, -0.05) is 32.0 Å². The topological polar surface area (TPSA) is 73.1 Å². The van der Waals surface area contributed by atoms with Crippen LogP contribution in [-0.4, -0.2) is 15.7 Å². The van der Waals surface area contributed by atoms with Gasteiger partial charge < -0.3 is 0 Å². The number of rotatable bonds is 3. The fraction of sp³-hybridized carbons (Fsp3) is 0.238. The van der Waals surface area contributed by atoms with E-state index < -0.39 is 4.92 Å². The molecule has 6 heteroatoms. The van der Waals surface area contributed by atoms with Gasteiger partial charge in [0.05, 0.1) is 16.3 Å². The van der Waals surface area contributed by atoms with E-state index in [0.717, 1.165) is 16.1 Å². The number of non-ortho nitro benzene ring substituents is 1. The smallest absolute Gasteiger partial charge is 0.270 e. The van der Waals surface area contributed by atoms with Crippen LogP contribution in [0.5, 0.6) is 0 Å². The average molecular weight is 378 g/mol. The highest BCUT2D eigenvalue weighted by atomic mass is 32.1. The van der Waals surface area contributed by atoms with Crippen molar-refractivity contribution in [1.82, 2.24) is 4.98 Å². The van der Waals surface area contributed by atoms with Crippen LogP contribution in [0.2, 0.25) is 0 Å². The van der Waals surface area contributed by atoms with E-state index in [2.05, 4.69) is 13.8 Å². The van der Waals surface area contributed by atoms with Crippen LogP contribution in [0.25, 0.3) is 21.7 Å². The lowest BCUT2D eigenvalue weighted by atomic mass is 9.74. The number of carbonyl (C=O) groups excluding carboxylic acids is 1. The fourth-order valence-electron chi connectivity index (χ4n) is 3.63. The van der Waals surface area contributed by atoms with Gasteiger partial charge in [0.1, 0.15) is 0 Å². The van der Waals surface area contributed by atoms with E-state index in [9.17, 15) is 14.9 Å². The summed E-state index contributed by atoms with van der Waals surface area (Å²) in [5.41, 5.74) is 3.57. The molecule has 0 atom stereocenters. The summed E-state index contributed by atoms with van der Waals surface area (Å²) >= 11 is 1.57. The molecule has 2 heterocycles. The third-order valence-corrected chi connectivity index (χ3v) is 5.70. The summed E-state index contributed by atoms with van der Waals surface area (Å²) in [4.78, 5) is 29.4. The quantitative estimate of drug-likeness (QED) is 0.443. The second-order valence-electron chi connectivity index (χ2n) is 7.60. The number of nitro benzene ring substituents is 1. The molecule has 0 unspecified atom stereocenters. The molecule has 0 aliphatic heterocycles. The Morgan fingerprint density at radius 3 is 2.67 bits per heavy atom. The number of ketones is 1. The Morgan fingerprint density at radius 1 is 1.15 bits per heavy atom. The Labute approximate surface area is 160 Å². The molecule has 1 aromatic carbocycles. The maximum absolute atomic E-state index is 12.9. The van der Waals surface area contributed by atoms with Gasteiger partial charge in [0.25, 0.3) is 5.69 Å². The van der Waals surface area contributed by atoms with Gasteiger partial charge in [-0.3, -0.25) is 19.9 Å². The number of Topliss-reactive ketones (excluding diaryl/α,β-unsaturated/α-hetero) is 1. The number of pyridine rings is 1. The number of fused-ring (bicyclic) bond motifs is 1. The molecule has 4 rings (SSSR count).